The summed E-state index contributed by atoms with van der Waals surface area (Å²) in [6.07, 6.45) is -3.37. The topological polar surface area (TPSA) is 105 Å². The first-order valence-corrected chi connectivity index (χ1v) is 10.0. The number of methoxy groups -OCH3 is 2. The molecular weight excluding hydrogens is 465 g/mol. The highest BCUT2D eigenvalue weighted by Gasteiger charge is 2.37. The maximum absolute atomic E-state index is 13.0. The van der Waals surface area contributed by atoms with Crippen molar-refractivity contribution in [2.75, 3.05) is 26.1 Å². The number of amides is 3. The molecule has 33 heavy (non-hydrogen) atoms. The van der Waals surface area contributed by atoms with Gasteiger partial charge in [-0.15, -0.1) is 0 Å². The number of halogens is 3. The van der Waals surface area contributed by atoms with Gasteiger partial charge in [-0.3, -0.25) is 19.3 Å². The molecule has 8 nitrogen and oxygen atoms in total. The molecule has 174 valence electrons. The number of carbonyl (C=O) groups is 3. The number of phenolic OH excluding ortho intramolecular Hbond substituents is 1. The third kappa shape index (κ3) is 5.22. The second kappa shape index (κ2) is 9.45. The zero-order chi connectivity index (χ0) is 24.3. The number of nitrogens with zero attached hydrogens (tertiary/aromatic N) is 1. The summed E-state index contributed by atoms with van der Waals surface area (Å²) in [4.78, 5) is 37.9. The average molecular weight is 482 g/mol. The van der Waals surface area contributed by atoms with Crippen molar-refractivity contribution < 1.29 is 42.1 Å². The molecule has 1 aliphatic heterocycles. The number of carbonyl (C=O) groups excluding carboxylic acids is 3. The van der Waals surface area contributed by atoms with Gasteiger partial charge in [-0.05, 0) is 42.1 Å². The average Bonchev–Trinajstić information content (AvgIpc) is 3.01. The number of nitrogens with one attached hydrogen (secondary N) is 1. The van der Waals surface area contributed by atoms with E-state index >= 15 is 0 Å². The minimum atomic E-state index is -4.64. The Hall–Kier alpha value is -3.67. The fourth-order valence-corrected chi connectivity index (χ4v) is 3.74. The first-order valence-electron chi connectivity index (χ1n) is 9.21. The van der Waals surface area contributed by atoms with Crippen LogP contribution < -0.4 is 14.8 Å². The summed E-state index contributed by atoms with van der Waals surface area (Å²) in [5.41, 5.74) is -1.05. The minimum Gasteiger partial charge on any atom is -0.504 e. The second-order valence-corrected chi connectivity index (χ2v) is 7.62. The van der Waals surface area contributed by atoms with Crippen LogP contribution in [0.2, 0.25) is 0 Å². The van der Waals surface area contributed by atoms with E-state index < -0.39 is 35.3 Å². The first kappa shape index (κ1) is 24.0. The molecule has 1 saturated heterocycles. The lowest BCUT2D eigenvalue weighted by Gasteiger charge is -2.16. The van der Waals surface area contributed by atoms with Gasteiger partial charge in [0.15, 0.2) is 11.5 Å². The Morgan fingerprint density at radius 3 is 2.48 bits per heavy atom. The summed E-state index contributed by atoms with van der Waals surface area (Å²) in [6.45, 7) is -0.731. The van der Waals surface area contributed by atoms with E-state index in [1.54, 1.807) is 6.07 Å². The van der Waals surface area contributed by atoms with E-state index in [4.69, 9.17) is 9.47 Å². The highest BCUT2D eigenvalue weighted by atomic mass is 32.2. The molecule has 1 aliphatic rings. The lowest BCUT2D eigenvalue weighted by molar-refractivity contribution is -0.137. The van der Waals surface area contributed by atoms with Crippen molar-refractivity contribution >= 4 is 40.6 Å². The summed E-state index contributed by atoms with van der Waals surface area (Å²) < 4.78 is 48.9. The monoisotopic (exact) mass is 482 g/mol. The van der Waals surface area contributed by atoms with Gasteiger partial charge in [-0.25, -0.2) is 0 Å². The highest BCUT2D eigenvalue weighted by Crippen LogP contribution is 2.37. The van der Waals surface area contributed by atoms with Crippen LogP contribution >= 0.6 is 11.8 Å². The quantitative estimate of drug-likeness (QED) is 0.597. The lowest BCUT2D eigenvalue weighted by atomic mass is 10.1. The van der Waals surface area contributed by atoms with Crippen LogP contribution in [0.1, 0.15) is 11.1 Å². The number of imide groups is 1. The molecule has 2 aromatic rings. The molecule has 0 spiro atoms. The van der Waals surface area contributed by atoms with Crippen LogP contribution in [-0.2, 0) is 15.8 Å². The number of alkyl halides is 3. The van der Waals surface area contributed by atoms with E-state index in [1.165, 1.54) is 32.4 Å². The minimum absolute atomic E-state index is 0.0288. The number of benzene rings is 2. The van der Waals surface area contributed by atoms with Crippen LogP contribution in [0.3, 0.4) is 0 Å². The first-order chi connectivity index (χ1) is 15.5. The van der Waals surface area contributed by atoms with Crippen LogP contribution in [-0.4, -0.2) is 47.8 Å². The van der Waals surface area contributed by atoms with E-state index in [0.717, 1.165) is 12.1 Å². The van der Waals surface area contributed by atoms with Crippen molar-refractivity contribution in [1.29, 1.82) is 0 Å². The molecule has 0 radical (unpaired) electrons. The smallest absolute Gasteiger partial charge is 0.416 e. The van der Waals surface area contributed by atoms with Gasteiger partial charge in [-0.2, -0.15) is 13.2 Å². The second-order valence-electron chi connectivity index (χ2n) is 6.63. The molecule has 12 heteroatoms. The van der Waals surface area contributed by atoms with Crippen molar-refractivity contribution in [1.82, 2.24) is 4.90 Å². The molecule has 0 aliphatic carbocycles. The molecule has 3 amide bonds. The molecule has 0 bridgehead atoms. The molecule has 2 N–H and O–H groups in total. The Balaban J connectivity index is 1.78. The molecule has 0 aromatic heterocycles. The fraction of sp³-hybridized carbons (Fsp3) is 0.190. The molecule has 2 aromatic carbocycles. The van der Waals surface area contributed by atoms with Gasteiger partial charge in [0.2, 0.25) is 5.91 Å². The van der Waals surface area contributed by atoms with Gasteiger partial charge >= 0.3 is 6.18 Å². The SMILES string of the molecule is COc1ccc(C(F)(F)F)cc1NC(=O)CN1C(=O)S/C(=C\c2cccc(OC)c2O)C1=O. The number of anilines is 1. The fourth-order valence-electron chi connectivity index (χ4n) is 2.91. The van der Waals surface area contributed by atoms with Crippen molar-refractivity contribution in [3.63, 3.8) is 0 Å². The third-order valence-corrected chi connectivity index (χ3v) is 5.42. The largest absolute Gasteiger partial charge is 0.504 e. The van der Waals surface area contributed by atoms with E-state index in [2.05, 4.69) is 5.32 Å². The summed E-state index contributed by atoms with van der Waals surface area (Å²) >= 11 is 0.554. The van der Waals surface area contributed by atoms with Gasteiger partial charge in [0, 0.05) is 5.56 Å². The van der Waals surface area contributed by atoms with Crippen molar-refractivity contribution in [2.24, 2.45) is 0 Å². The van der Waals surface area contributed by atoms with Crippen molar-refractivity contribution in [3.8, 4) is 17.2 Å². The summed E-state index contributed by atoms with van der Waals surface area (Å²) in [5.74, 6) is -1.80. The zero-order valence-electron chi connectivity index (χ0n) is 17.2. The number of para-hydroxylation sites is 1. The van der Waals surface area contributed by atoms with Crippen LogP contribution in [0.15, 0.2) is 41.3 Å². The van der Waals surface area contributed by atoms with Gasteiger partial charge in [0.05, 0.1) is 30.4 Å². The Morgan fingerprint density at radius 1 is 1.15 bits per heavy atom. The predicted molar refractivity (Wildman–Crippen MR) is 114 cm³/mol. The zero-order valence-corrected chi connectivity index (χ0v) is 18.0. The number of ether oxygens (including phenoxy) is 2. The van der Waals surface area contributed by atoms with Crippen LogP contribution in [0.25, 0.3) is 6.08 Å². The standard InChI is InChI=1S/C21H17F3N2O6S/c1-31-14-7-6-12(21(22,23)24)9-13(14)25-17(27)10-26-19(29)16(33-20(26)30)8-11-4-3-5-15(32-2)18(11)28/h3-9,28H,10H2,1-2H3,(H,25,27)/b16-8-. The Morgan fingerprint density at radius 2 is 1.85 bits per heavy atom. The highest BCUT2D eigenvalue weighted by molar-refractivity contribution is 8.18. The number of aromatic hydroxyl groups is 1. The van der Waals surface area contributed by atoms with Gasteiger partial charge in [0.25, 0.3) is 11.1 Å². The van der Waals surface area contributed by atoms with Crippen LogP contribution in [0, 0.1) is 0 Å². The summed E-state index contributed by atoms with van der Waals surface area (Å²) in [5, 5.41) is 11.6. The molecular formula is C21H17F3N2O6S. The number of hydrogen-bond acceptors (Lipinski definition) is 7. The van der Waals surface area contributed by atoms with E-state index in [-0.39, 0.29) is 33.4 Å². The molecule has 1 heterocycles. The molecule has 0 saturated carbocycles. The van der Waals surface area contributed by atoms with E-state index in [1.807, 2.05) is 0 Å². The Labute approximate surface area is 190 Å². The van der Waals surface area contributed by atoms with Gasteiger partial charge in [-0.1, -0.05) is 12.1 Å². The van der Waals surface area contributed by atoms with Crippen molar-refractivity contribution in [2.45, 2.75) is 6.18 Å². The number of phenols is 1. The van der Waals surface area contributed by atoms with Crippen LogP contribution in [0.5, 0.6) is 17.2 Å². The normalized spacial score (nSPS) is 15.2. The van der Waals surface area contributed by atoms with Gasteiger partial charge in [0.1, 0.15) is 12.3 Å². The van der Waals surface area contributed by atoms with Crippen LogP contribution in [0.4, 0.5) is 23.7 Å². The third-order valence-electron chi connectivity index (χ3n) is 4.51. The number of hydrogen-bond donors (Lipinski definition) is 2. The summed E-state index contributed by atoms with van der Waals surface area (Å²) in [6, 6.07) is 7.11. The molecule has 0 unspecified atom stereocenters. The molecule has 0 atom stereocenters. The van der Waals surface area contributed by atoms with Crippen molar-refractivity contribution in [3.05, 3.63) is 52.4 Å². The van der Waals surface area contributed by atoms with Gasteiger partial charge < -0.3 is 19.9 Å². The number of thioether (sulfide) groups is 1. The maximum atomic E-state index is 13.0. The lowest BCUT2D eigenvalue weighted by Crippen LogP contribution is -2.36. The van der Waals surface area contributed by atoms with E-state index in [0.29, 0.717) is 22.7 Å². The molecule has 1 fully saturated rings. The number of rotatable bonds is 6. The summed E-state index contributed by atoms with van der Waals surface area (Å²) in [7, 11) is 2.57. The predicted octanol–water partition coefficient (Wildman–Crippen LogP) is 4.10. The Bertz CT molecular complexity index is 1150. The maximum Gasteiger partial charge on any atom is 0.416 e. The molecule has 3 rings (SSSR count). The van der Waals surface area contributed by atoms with E-state index in [9.17, 15) is 32.7 Å². The Kier molecular flexibility index (Phi) is 6.86.